The zero-order chi connectivity index (χ0) is 20.0. The van der Waals surface area contributed by atoms with E-state index in [0.29, 0.717) is 6.54 Å². The molecule has 0 fully saturated rings. The third-order valence-corrected chi connectivity index (χ3v) is 5.44. The zero-order valence-corrected chi connectivity index (χ0v) is 15.9. The highest BCUT2D eigenvalue weighted by atomic mass is 32.2. The minimum absolute atomic E-state index is 0.0267. The molecule has 2 N–H and O–H groups in total. The Morgan fingerprint density at radius 2 is 2.00 bits per heavy atom. The fourth-order valence-corrected chi connectivity index (χ4v) is 3.69. The Kier molecular flexibility index (Phi) is 6.03. The number of rotatable bonds is 8. The van der Waals surface area contributed by atoms with Crippen molar-refractivity contribution in [3.63, 3.8) is 0 Å². The van der Waals surface area contributed by atoms with E-state index in [4.69, 9.17) is 0 Å². The molecular formula is C20H20N4O3S. The van der Waals surface area contributed by atoms with Gasteiger partial charge in [-0.05, 0) is 29.8 Å². The summed E-state index contributed by atoms with van der Waals surface area (Å²) in [7, 11) is -3.80. The molecule has 7 nitrogen and oxygen atoms in total. The van der Waals surface area contributed by atoms with Crippen LogP contribution in [0.1, 0.15) is 15.9 Å². The van der Waals surface area contributed by atoms with Gasteiger partial charge < -0.3 is 9.88 Å². The van der Waals surface area contributed by atoms with E-state index in [1.807, 2.05) is 28.8 Å². The molecule has 8 heteroatoms. The molecule has 0 aliphatic carbocycles. The summed E-state index contributed by atoms with van der Waals surface area (Å²) in [4.78, 5) is 16.1. The Balaban J connectivity index is 1.79. The van der Waals surface area contributed by atoms with E-state index in [1.54, 1.807) is 30.9 Å². The second-order valence-electron chi connectivity index (χ2n) is 5.95. The summed E-state index contributed by atoms with van der Waals surface area (Å²) in [5.74, 6) is -0.359. The van der Waals surface area contributed by atoms with Gasteiger partial charge in [0.2, 0.25) is 10.0 Å². The number of hydrogen-bond donors (Lipinski definition) is 2. The number of hydrogen-bond acceptors (Lipinski definition) is 4. The highest BCUT2D eigenvalue weighted by molar-refractivity contribution is 7.89. The number of nitrogens with zero attached hydrogens (tertiary/aromatic N) is 2. The summed E-state index contributed by atoms with van der Waals surface area (Å²) in [6, 6.07) is 13.3. The van der Waals surface area contributed by atoms with Crippen molar-refractivity contribution in [2.45, 2.75) is 11.4 Å². The fourth-order valence-electron chi connectivity index (χ4n) is 2.64. The first-order valence-corrected chi connectivity index (χ1v) is 10.0. The van der Waals surface area contributed by atoms with Crippen LogP contribution < -0.4 is 10.0 Å². The van der Waals surface area contributed by atoms with Crippen LogP contribution in [0.5, 0.6) is 0 Å². The standard InChI is InChI=1S/C20H20N4O3S/c1-2-10-22-20(25)16-7-5-8-18(13-16)28(26,27)23-14-17-6-3-4-9-19(17)24-12-11-21-15-24/h2-9,11-13,15,23H,1,10,14H2,(H,22,25). The number of nitrogens with one attached hydrogen (secondary N) is 2. The maximum atomic E-state index is 12.7. The van der Waals surface area contributed by atoms with Crippen LogP contribution in [0.25, 0.3) is 5.69 Å². The molecule has 2 aromatic carbocycles. The minimum Gasteiger partial charge on any atom is -0.349 e. The molecule has 0 bridgehead atoms. The monoisotopic (exact) mass is 396 g/mol. The summed E-state index contributed by atoms with van der Waals surface area (Å²) >= 11 is 0. The predicted molar refractivity (Wildman–Crippen MR) is 107 cm³/mol. The molecular weight excluding hydrogens is 376 g/mol. The Morgan fingerprint density at radius 3 is 2.75 bits per heavy atom. The van der Waals surface area contributed by atoms with E-state index >= 15 is 0 Å². The molecule has 144 valence electrons. The lowest BCUT2D eigenvalue weighted by Crippen LogP contribution is -2.26. The number of para-hydroxylation sites is 1. The molecule has 0 saturated heterocycles. The summed E-state index contributed by atoms with van der Waals surface area (Å²) in [5, 5.41) is 2.63. The molecule has 0 aliphatic rings. The van der Waals surface area contributed by atoms with Gasteiger partial charge in [-0.3, -0.25) is 4.79 Å². The van der Waals surface area contributed by atoms with Crippen LogP contribution in [0.4, 0.5) is 0 Å². The van der Waals surface area contributed by atoms with Gasteiger partial charge in [-0.2, -0.15) is 0 Å². The highest BCUT2D eigenvalue weighted by Crippen LogP contribution is 2.16. The molecule has 3 aromatic rings. The largest absolute Gasteiger partial charge is 0.349 e. The van der Waals surface area contributed by atoms with Crippen molar-refractivity contribution in [3.05, 3.63) is 91.0 Å². The quantitative estimate of drug-likeness (QED) is 0.571. The number of benzene rings is 2. The van der Waals surface area contributed by atoms with Crippen molar-refractivity contribution < 1.29 is 13.2 Å². The van der Waals surface area contributed by atoms with E-state index in [0.717, 1.165) is 11.3 Å². The average molecular weight is 396 g/mol. The molecule has 1 amide bonds. The van der Waals surface area contributed by atoms with E-state index in [-0.39, 0.29) is 22.9 Å². The molecule has 0 spiro atoms. The van der Waals surface area contributed by atoms with Crippen LogP contribution in [0.15, 0.2) is 84.8 Å². The third kappa shape index (κ3) is 4.54. The lowest BCUT2D eigenvalue weighted by atomic mass is 10.2. The van der Waals surface area contributed by atoms with E-state index in [2.05, 4.69) is 21.6 Å². The number of carbonyl (C=O) groups is 1. The average Bonchev–Trinajstić information content (AvgIpc) is 3.25. The van der Waals surface area contributed by atoms with Gasteiger partial charge in [-0.25, -0.2) is 18.1 Å². The van der Waals surface area contributed by atoms with Gasteiger partial charge in [0.05, 0.1) is 16.9 Å². The molecule has 0 unspecified atom stereocenters. The fraction of sp³-hybridized carbons (Fsp3) is 0.100. The van der Waals surface area contributed by atoms with Crippen molar-refractivity contribution in [1.29, 1.82) is 0 Å². The van der Waals surface area contributed by atoms with Crippen LogP contribution >= 0.6 is 0 Å². The topological polar surface area (TPSA) is 93.1 Å². The summed E-state index contributed by atoms with van der Waals surface area (Å²) in [6.07, 6.45) is 6.65. The zero-order valence-electron chi connectivity index (χ0n) is 15.1. The summed E-state index contributed by atoms with van der Waals surface area (Å²) in [6.45, 7) is 3.94. The Bertz CT molecular complexity index is 1080. The van der Waals surface area contributed by atoms with Crippen LogP contribution in [0, 0.1) is 0 Å². The molecule has 0 radical (unpaired) electrons. The Labute approximate surface area is 163 Å². The predicted octanol–water partition coefficient (Wildman–Crippen LogP) is 2.27. The number of imidazole rings is 1. The van der Waals surface area contributed by atoms with Crippen molar-refractivity contribution in [3.8, 4) is 5.69 Å². The number of amides is 1. The summed E-state index contributed by atoms with van der Waals surface area (Å²) < 4.78 is 29.8. The normalized spacial score (nSPS) is 11.1. The smallest absolute Gasteiger partial charge is 0.251 e. The second kappa shape index (κ2) is 8.64. The third-order valence-electron chi connectivity index (χ3n) is 4.04. The molecule has 3 rings (SSSR count). The molecule has 28 heavy (non-hydrogen) atoms. The first-order valence-electron chi connectivity index (χ1n) is 8.56. The SMILES string of the molecule is C=CCNC(=O)c1cccc(S(=O)(=O)NCc2ccccc2-n2ccnc2)c1. The van der Waals surface area contributed by atoms with Gasteiger partial charge in [0, 0.05) is 31.0 Å². The van der Waals surface area contributed by atoms with E-state index in [1.165, 1.54) is 18.2 Å². The molecule has 1 heterocycles. The number of carbonyl (C=O) groups excluding carboxylic acids is 1. The van der Waals surface area contributed by atoms with Crippen LogP contribution in [-0.4, -0.2) is 30.4 Å². The number of aromatic nitrogens is 2. The molecule has 0 atom stereocenters. The van der Waals surface area contributed by atoms with Gasteiger partial charge >= 0.3 is 0 Å². The van der Waals surface area contributed by atoms with E-state index < -0.39 is 10.0 Å². The van der Waals surface area contributed by atoms with Gasteiger partial charge in [-0.15, -0.1) is 6.58 Å². The van der Waals surface area contributed by atoms with Gasteiger partial charge in [0.1, 0.15) is 0 Å². The molecule has 0 aliphatic heterocycles. The lowest BCUT2D eigenvalue weighted by Gasteiger charge is -2.12. The van der Waals surface area contributed by atoms with Crippen molar-refractivity contribution in [2.75, 3.05) is 6.54 Å². The van der Waals surface area contributed by atoms with Gasteiger partial charge in [0.15, 0.2) is 0 Å². The van der Waals surface area contributed by atoms with Crippen molar-refractivity contribution >= 4 is 15.9 Å². The molecule has 1 aromatic heterocycles. The van der Waals surface area contributed by atoms with E-state index in [9.17, 15) is 13.2 Å². The summed E-state index contributed by atoms with van der Waals surface area (Å²) in [5.41, 5.74) is 1.90. The molecule has 0 saturated carbocycles. The van der Waals surface area contributed by atoms with Crippen molar-refractivity contribution in [2.24, 2.45) is 0 Å². The van der Waals surface area contributed by atoms with Crippen LogP contribution in [0.3, 0.4) is 0 Å². The first kappa shape index (κ1) is 19.5. The highest BCUT2D eigenvalue weighted by Gasteiger charge is 2.17. The Hall–Kier alpha value is -3.23. The maximum Gasteiger partial charge on any atom is 0.251 e. The number of sulfonamides is 1. The van der Waals surface area contributed by atoms with Crippen molar-refractivity contribution in [1.82, 2.24) is 19.6 Å². The second-order valence-corrected chi connectivity index (χ2v) is 7.72. The van der Waals surface area contributed by atoms with Crippen LogP contribution in [0.2, 0.25) is 0 Å². The van der Waals surface area contributed by atoms with Gasteiger partial charge in [0.25, 0.3) is 5.91 Å². The first-order chi connectivity index (χ1) is 13.5. The van der Waals surface area contributed by atoms with Crippen LogP contribution in [-0.2, 0) is 16.6 Å². The maximum absolute atomic E-state index is 12.7. The van der Waals surface area contributed by atoms with Gasteiger partial charge in [-0.1, -0.05) is 30.3 Å². The lowest BCUT2D eigenvalue weighted by molar-refractivity contribution is 0.0958. The minimum atomic E-state index is -3.80. The Morgan fingerprint density at radius 1 is 1.18 bits per heavy atom.